The number of rotatable bonds is 2. The highest BCUT2D eigenvalue weighted by Gasteiger charge is 2.20. The molecule has 3 aromatic rings. The van der Waals surface area contributed by atoms with Gasteiger partial charge in [-0.3, -0.25) is 9.59 Å². The number of fused-ring (bicyclic) bond motifs is 2. The van der Waals surface area contributed by atoms with Gasteiger partial charge in [0.2, 0.25) is 0 Å². The van der Waals surface area contributed by atoms with Gasteiger partial charge >= 0.3 is 0 Å². The van der Waals surface area contributed by atoms with E-state index in [1.54, 1.807) is 10.8 Å². The van der Waals surface area contributed by atoms with E-state index in [2.05, 4.69) is 0 Å². The van der Waals surface area contributed by atoms with Gasteiger partial charge in [0, 0.05) is 42.1 Å². The topological polar surface area (TPSA) is 34.1 Å². The lowest BCUT2D eigenvalue weighted by atomic mass is 10.0. The van der Waals surface area contributed by atoms with Crippen LogP contribution in [0.2, 0.25) is 10.0 Å². The summed E-state index contributed by atoms with van der Waals surface area (Å²) in [4.78, 5) is 22.6. The van der Waals surface area contributed by atoms with Crippen LogP contribution < -0.4 is 0 Å². The third-order valence-electron chi connectivity index (χ3n) is 2.76. The minimum Gasteiger partial charge on any atom is -0.298 e. The Morgan fingerprint density at radius 1 is 0.833 bits per heavy atom. The average Bonchev–Trinajstić information content (AvgIpc) is 2.93. The van der Waals surface area contributed by atoms with Crippen molar-refractivity contribution in [2.24, 2.45) is 0 Å². The zero-order chi connectivity index (χ0) is 12.9. The van der Waals surface area contributed by atoms with Gasteiger partial charge in [-0.15, -0.1) is 22.7 Å². The van der Waals surface area contributed by atoms with Gasteiger partial charge in [0.15, 0.2) is 12.6 Å². The van der Waals surface area contributed by atoms with E-state index in [0.29, 0.717) is 41.3 Å². The fourth-order valence-electron chi connectivity index (χ4n) is 2.02. The Labute approximate surface area is 120 Å². The van der Waals surface area contributed by atoms with Gasteiger partial charge < -0.3 is 0 Å². The number of thiophene rings is 2. The highest BCUT2D eigenvalue weighted by atomic mass is 35.5. The van der Waals surface area contributed by atoms with Crippen molar-refractivity contribution in [1.29, 1.82) is 0 Å². The first-order chi connectivity index (χ1) is 8.69. The standard InChI is InChI=1S/C12H4Cl2O2S2/c13-7-3-18-12-6(2-16)10-8(14)4-17-11(10)5(1-15)9(7)12/h1-4H. The van der Waals surface area contributed by atoms with Crippen molar-refractivity contribution in [2.45, 2.75) is 0 Å². The smallest absolute Gasteiger partial charge is 0.152 e. The fraction of sp³-hybridized carbons (Fsp3) is 0. The molecule has 2 nitrogen and oxygen atoms in total. The molecule has 90 valence electrons. The maximum absolute atomic E-state index is 11.3. The van der Waals surface area contributed by atoms with Crippen LogP contribution in [0.5, 0.6) is 0 Å². The molecule has 0 saturated heterocycles. The monoisotopic (exact) mass is 314 g/mol. The first-order valence-electron chi connectivity index (χ1n) is 4.88. The Bertz CT molecular complexity index is 733. The summed E-state index contributed by atoms with van der Waals surface area (Å²) in [6, 6.07) is 0. The molecular formula is C12H4Cl2O2S2. The first-order valence-corrected chi connectivity index (χ1v) is 7.40. The van der Waals surface area contributed by atoms with Crippen LogP contribution in [0.25, 0.3) is 20.2 Å². The van der Waals surface area contributed by atoms with E-state index < -0.39 is 0 Å². The van der Waals surface area contributed by atoms with Crippen molar-refractivity contribution >= 4 is 78.6 Å². The highest BCUT2D eigenvalue weighted by Crippen LogP contribution is 2.43. The van der Waals surface area contributed by atoms with E-state index in [1.165, 1.54) is 22.7 Å². The minimum absolute atomic E-state index is 0.492. The molecule has 2 aromatic heterocycles. The van der Waals surface area contributed by atoms with Crippen molar-refractivity contribution in [1.82, 2.24) is 0 Å². The van der Waals surface area contributed by atoms with E-state index in [1.807, 2.05) is 0 Å². The zero-order valence-corrected chi connectivity index (χ0v) is 11.8. The first kappa shape index (κ1) is 12.1. The molecule has 3 rings (SSSR count). The molecule has 0 radical (unpaired) electrons. The summed E-state index contributed by atoms with van der Waals surface area (Å²) in [5.74, 6) is 0. The molecule has 0 bridgehead atoms. The van der Waals surface area contributed by atoms with Crippen LogP contribution >= 0.6 is 45.9 Å². The van der Waals surface area contributed by atoms with Gasteiger partial charge in [-0.1, -0.05) is 23.2 Å². The summed E-state index contributed by atoms with van der Waals surface area (Å²) in [6.07, 6.45) is 1.54. The molecule has 1 aromatic carbocycles. The van der Waals surface area contributed by atoms with Crippen molar-refractivity contribution in [3.63, 3.8) is 0 Å². The molecule has 18 heavy (non-hydrogen) atoms. The average molecular weight is 315 g/mol. The Balaban J connectivity index is 2.73. The Kier molecular flexibility index (Phi) is 2.90. The third-order valence-corrected chi connectivity index (χ3v) is 5.64. The van der Waals surface area contributed by atoms with Crippen LogP contribution in [0.1, 0.15) is 20.7 Å². The Morgan fingerprint density at radius 2 is 1.22 bits per heavy atom. The van der Waals surface area contributed by atoms with E-state index in [-0.39, 0.29) is 0 Å². The SMILES string of the molecule is O=Cc1c2scc(Cl)c2c(C=O)c2scc(Cl)c12. The Morgan fingerprint density at radius 3 is 1.56 bits per heavy atom. The predicted molar refractivity (Wildman–Crippen MR) is 78.0 cm³/mol. The van der Waals surface area contributed by atoms with Crippen molar-refractivity contribution in [3.8, 4) is 0 Å². The molecule has 2 heterocycles. The summed E-state index contributed by atoms with van der Waals surface area (Å²) in [5, 5.41) is 5.72. The zero-order valence-electron chi connectivity index (χ0n) is 8.70. The maximum atomic E-state index is 11.3. The molecule has 0 aliphatic carbocycles. The maximum Gasteiger partial charge on any atom is 0.152 e. The Hall–Kier alpha value is -0.940. The number of benzene rings is 1. The third kappa shape index (κ3) is 1.47. The van der Waals surface area contributed by atoms with Crippen LogP contribution in [0.4, 0.5) is 0 Å². The highest BCUT2D eigenvalue weighted by molar-refractivity contribution is 7.20. The molecular weight excluding hydrogens is 311 g/mol. The number of hydrogen-bond acceptors (Lipinski definition) is 4. The lowest BCUT2D eigenvalue weighted by Crippen LogP contribution is -1.89. The summed E-state index contributed by atoms with van der Waals surface area (Å²) in [5.41, 5.74) is 1.02. The number of aldehydes is 2. The van der Waals surface area contributed by atoms with Crippen LogP contribution in [0.3, 0.4) is 0 Å². The lowest BCUT2D eigenvalue weighted by molar-refractivity contribution is 0.111. The summed E-state index contributed by atoms with van der Waals surface area (Å²) < 4.78 is 1.43. The van der Waals surface area contributed by atoms with Crippen LogP contribution in [0.15, 0.2) is 10.8 Å². The number of hydrogen-bond donors (Lipinski definition) is 0. The van der Waals surface area contributed by atoms with Gasteiger partial charge in [0.25, 0.3) is 0 Å². The van der Waals surface area contributed by atoms with Crippen molar-refractivity contribution < 1.29 is 9.59 Å². The van der Waals surface area contributed by atoms with Crippen molar-refractivity contribution in [2.75, 3.05) is 0 Å². The quantitative estimate of drug-likeness (QED) is 0.620. The summed E-state index contributed by atoms with van der Waals surface area (Å²) in [7, 11) is 0. The van der Waals surface area contributed by atoms with Gasteiger partial charge in [0.1, 0.15) is 0 Å². The van der Waals surface area contributed by atoms with Gasteiger partial charge in [-0.05, 0) is 0 Å². The van der Waals surface area contributed by atoms with Gasteiger partial charge in [-0.25, -0.2) is 0 Å². The summed E-state index contributed by atoms with van der Waals surface area (Å²) in [6.45, 7) is 0. The van der Waals surface area contributed by atoms with E-state index >= 15 is 0 Å². The fourth-order valence-corrected chi connectivity index (χ4v) is 4.70. The lowest BCUT2D eigenvalue weighted by Gasteiger charge is -2.03. The molecule has 0 aliphatic rings. The molecule has 0 spiro atoms. The van der Waals surface area contributed by atoms with Crippen LogP contribution in [-0.4, -0.2) is 12.6 Å². The normalized spacial score (nSPS) is 11.2. The van der Waals surface area contributed by atoms with Crippen molar-refractivity contribution in [3.05, 3.63) is 31.9 Å². The molecule has 0 saturated carbocycles. The predicted octanol–water partition coefficient (Wildman–Crippen LogP) is 5.05. The van der Waals surface area contributed by atoms with E-state index in [9.17, 15) is 9.59 Å². The summed E-state index contributed by atoms with van der Waals surface area (Å²) >= 11 is 14.9. The molecule has 0 fully saturated rings. The number of halogens is 2. The second-order valence-electron chi connectivity index (χ2n) is 3.64. The number of carbonyl (C=O) groups is 2. The molecule has 0 aliphatic heterocycles. The van der Waals surface area contributed by atoms with Gasteiger partial charge in [-0.2, -0.15) is 0 Å². The molecule has 0 amide bonds. The molecule has 0 atom stereocenters. The van der Waals surface area contributed by atoms with Gasteiger partial charge in [0.05, 0.1) is 10.0 Å². The minimum atomic E-state index is 0.492. The van der Waals surface area contributed by atoms with Crippen LogP contribution in [0, 0.1) is 0 Å². The second-order valence-corrected chi connectivity index (χ2v) is 6.21. The second kappa shape index (κ2) is 4.31. The molecule has 0 unspecified atom stereocenters. The van der Waals surface area contributed by atoms with E-state index in [4.69, 9.17) is 23.2 Å². The molecule has 6 heteroatoms. The van der Waals surface area contributed by atoms with E-state index in [0.717, 1.165) is 12.6 Å². The number of carbonyl (C=O) groups excluding carboxylic acids is 2. The van der Waals surface area contributed by atoms with Crippen LogP contribution in [-0.2, 0) is 0 Å². The molecule has 0 N–H and O–H groups in total. The largest absolute Gasteiger partial charge is 0.298 e.